The van der Waals surface area contributed by atoms with E-state index in [1.807, 2.05) is 22.6 Å². The number of hydrogen-bond acceptors (Lipinski definition) is 4. The Hall–Kier alpha value is -0.760. The molecule has 0 aliphatic rings. The molecule has 0 saturated heterocycles. The first-order chi connectivity index (χ1) is 6.91. The highest BCUT2D eigenvalue weighted by molar-refractivity contribution is 14.1. The summed E-state index contributed by atoms with van der Waals surface area (Å²) < 4.78 is 18.5. The van der Waals surface area contributed by atoms with Crippen LogP contribution in [0.3, 0.4) is 0 Å². The lowest BCUT2D eigenvalue weighted by atomic mass is 9.95. The van der Waals surface area contributed by atoms with E-state index < -0.39 is 17.5 Å². The molecule has 0 saturated carbocycles. The van der Waals surface area contributed by atoms with Crippen molar-refractivity contribution in [1.29, 1.82) is 0 Å². The number of aromatic nitrogens is 1. The van der Waals surface area contributed by atoms with Crippen LogP contribution in [0.2, 0.25) is 0 Å². The summed E-state index contributed by atoms with van der Waals surface area (Å²) in [6.07, 6.45) is 1.31. The molecule has 0 spiro atoms. The van der Waals surface area contributed by atoms with Gasteiger partial charge >= 0.3 is 5.97 Å². The Balaban J connectivity index is 3.32. The quantitative estimate of drug-likeness (QED) is 0.504. The van der Waals surface area contributed by atoms with Crippen molar-refractivity contribution >= 4 is 28.6 Å². The second kappa shape index (κ2) is 4.40. The maximum absolute atomic E-state index is 13.4. The third-order valence-corrected chi connectivity index (χ3v) is 2.88. The third-order valence-electron chi connectivity index (χ3n) is 1.98. The summed E-state index contributed by atoms with van der Waals surface area (Å²) in [5, 5.41) is 0. The molecule has 1 atom stereocenters. The van der Waals surface area contributed by atoms with Gasteiger partial charge in [0.25, 0.3) is 0 Å². The van der Waals surface area contributed by atoms with Crippen LogP contribution in [0, 0.1) is 9.52 Å². The highest BCUT2D eigenvalue weighted by atomic mass is 127. The maximum atomic E-state index is 13.4. The Morgan fingerprint density at radius 2 is 2.33 bits per heavy atom. The van der Waals surface area contributed by atoms with Gasteiger partial charge in [-0.25, -0.2) is 9.78 Å². The van der Waals surface area contributed by atoms with Crippen molar-refractivity contribution in [2.45, 2.75) is 12.5 Å². The normalized spacial score (nSPS) is 14.5. The minimum absolute atomic E-state index is 0.0532. The fraction of sp³-hybridized carbons (Fsp3) is 0.333. The monoisotopic (exact) mass is 324 g/mol. The predicted octanol–water partition coefficient (Wildman–Crippen LogP) is 1.17. The molecule has 0 bridgehead atoms. The second-order valence-corrected chi connectivity index (χ2v) is 4.31. The van der Waals surface area contributed by atoms with Crippen LogP contribution < -0.4 is 5.73 Å². The summed E-state index contributed by atoms with van der Waals surface area (Å²) in [5.74, 6) is -1.45. The molecule has 2 N–H and O–H groups in total. The zero-order valence-electron chi connectivity index (χ0n) is 8.25. The van der Waals surface area contributed by atoms with Crippen molar-refractivity contribution < 1.29 is 13.9 Å². The van der Waals surface area contributed by atoms with Crippen LogP contribution in [-0.2, 0) is 15.1 Å². The first-order valence-corrected chi connectivity index (χ1v) is 5.17. The van der Waals surface area contributed by atoms with E-state index in [4.69, 9.17) is 5.73 Å². The van der Waals surface area contributed by atoms with Gasteiger partial charge in [0, 0.05) is 9.77 Å². The van der Waals surface area contributed by atoms with E-state index in [1.165, 1.54) is 20.2 Å². The van der Waals surface area contributed by atoms with Crippen LogP contribution in [0.4, 0.5) is 4.39 Å². The van der Waals surface area contributed by atoms with Gasteiger partial charge in [0.1, 0.15) is 5.54 Å². The summed E-state index contributed by atoms with van der Waals surface area (Å²) >= 11 is 1.89. The van der Waals surface area contributed by atoms with E-state index in [1.54, 1.807) is 6.07 Å². The number of pyridine rings is 1. The molecule has 1 aromatic heterocycles. The molecule has 0 aliphatic carbocycles. The number of ether oxygens (including phenoxy) is 1. The number of methoxy groups -OCH3 is 1. The number of hydrogen-bond donors (Lipinski definition) is 1. The molecule has 4 nitrogen and oxygen atoms in total. The number of carbonyl (C=O) groups excluding carboxylic acids is 1. The first-order valence-electron chi connectivity index (χ1n) is 4.09. The molecule has 1 heterocycles. The number of carbonyl (C=O) groups is 1. The average molecular weight is 324 g/mol. The lowest BCUT2D eigenvalue weighted by Crippen LogP contribution is -2.44. The fourth-order valence-electron chi connectivity index (χ4n) is 1.19. The third kappa shape index (κ3) is 2.25. The van der Waals surface area contributed by atoms with Gasteiger partial charge in [0.15, 0.2) is 0 Å². The molecule has 1 unspecified atom stereocenters. The standard InChI is InChI=1S/C9H10FIN2O2/c1-9(12,8(14)15-2)6-5(11)3-4-13-7(6)10/h3-4H,12H2,1-2H3. The van der Waals surface area contributed by atoms with Crippen molar-refractivity contribution in [3.8, 4) is 0 Å². The van der Waals surface area contributed by atoms with Gasteiger partial charge in [0.2, 0.25) is 5.95 Å². The fourth-order valence-corrected chi connectivity index (χ4v) is 2.13. The molecule has 6 heteroatoms. The van der Waals surface area contributed by atoms with Crippen molar-refractivity contribution in [3.63, 3.8) is 0 Å². The summed E-state index contributed by atoms with van der Waals surface area (Å²) in [7, 11) is 1.20. The van der Waals surface area contributed by atoms with Crippen LogP contribution in [-0.4, -0.2) is 18.1 Å². The van der Waals surface area contributed by atoms with Gasteiger partial charge in [-0.15, -0.1) is 0 Å². The van der Waals surface area contributed by atoms with Crippen LogP contribution in [0.5, 0.6) is 0 Å². The molecule has 0 fully saturated rings. The smallest absolute Gasteiger partial charge is 0.330 e. The van der Waals surface area contributed by atoms with Gasteiger partial charge in [-0.1, -0.05) is 0 Å². The highest BCUT2D eigenvalue weighted by Crippen LogP contribution is 2.26. The molecule has 0 aromatic carbocycles. The molecule has 0 aliphatic heterocycles. The van der Waals surface area contributed by atoms with E-state index in [-0.39, 0.29) is 5.56 Å². The van der Waals surface area contributed by atoms with E-state index in [9.17, 15) is 9.18 Å². The topological polar surface area (TPSA) is 65.2 Å². The van der Waals surface area contributed by atoms with Crippen LogP contribution in [0.1, 0.15) is 12.5 Å². The van der Waals surface area contributed by atoms with Gasteiger partial charge in [-0.05, 0) is 35.6 Å². The number of esters is 1. The Bertz CT molecular complexity index is 375. The van der Waals surface area contributed by atoms with Crippen molar-refractivity contribution in [2.75, 3.05) is 7.11 Å². The molecule has 1 rings (SSSR count). The van der Waals surface area contributed by atoms with Crippen molar-refractivity contribution in [3.05, 3.63) is 27.3 Å². The van der Waals surface area contributed by atoms with Crippen LogP contribution >= 0.6 is 22.6 Å². The summed E-state index contributed by atoms with van der Waals surface area (Å²) in [4.78, 5) is 14.9. The Labute approximate surface area is 100 Å². The molecule has 0 amide bonds. The summed E-state index contributed by atoms with van der Waals surface area (Å²) in [6, 6.07) is 1.58. The maximum Gasteiger partial charge on any atom is 0.330 e. The Morgan fingerprint density at radius 1 is 1.73 bits per heavy atom. The van der Waals surface area contributed by atoms with E-state index in [0.29, 0.717) is 3.57 Å². The lowest BCUT2D eigenvalue weighted by Gasteiger charge is -2.22. The minimum atomic E-state index is -1.52. The largest absolute Gasteiger partial charge is 0.467 e. The second-order valence-electron chi connectivity index (χ2n) is 3.15. The number of halogens is 2. The lowest BCUT2D eigenvalue weighted by molar-refractivity contribution is -0.146. The van der Waals surface area contributed by atoms with Crippen LogP contribution in [0.25, 0.3) is 0 Å². The molecule has 15 heavy (non-hydrogen) atoms. The van der Waals surface area contributed by atoms with E-state index in [0.717, 1.165) is 0 Å². The first kappa shape index (κ1) is 12.3. The zero-order valence-corrected chi connectivity index (χ0v) is 10.4. The van der Waals surface area contributed by atoms with E-state index in [2.05, 4.69) is 9.72 Å². The molecular weight excluding hydrogens is 314 g/mol. The Kier molecular flexibility index (Phi) is 3.61. The SMILES string of the molecule is COC(=O)C(C)(N)c1c(I)ccnc1F. The van der Waals surface area contributed by atoms with Gasteiger partial charge in [-0.3, -0.25) is 0 Å². The molecule has 82 valence electrons. The van der Waals surface area contributed by atoms with Gasteiger partial charge in [0.05, 0.1) is 12.7 Å². The van der Waals surface area contributed by atoms with E-state index >= 15 is 0 Å². The van der Waals surface area contributed by atoms with Crippen molar-refractivity contribution in [1.82, 2.24) is 4.98 Å². The molecule has 0 radical (unpaired) electrons. The number of nitrogens with zero attached hydrogens (tertiary/aromatic N) is 1. The number of nitrogens with two attached hydrogens (primary N) is 1. The average Bonchev–Trinajstić information content (AvgIpc) is 2.15. The summed E-state index contributed by atoms with van der Waals surface area (Å²) in [6.45, 7) is 1.39. The predicted molar refractivity (Wildman–Crippen MR) is 60.5 cm³/mol. The molecule has 1 aromatic rings. The van der Waals surface area contributed by atoms with Crippen LogP contribution in [0.15, 0.2) is 12.3 Å². The van der Waals surface area contributed by atoms with Gasteiger partial charge < -0.3 is 10.5 Å². The molecular formula is C9H10FIN2O2. The number of rotatable bonds is 2. The Morgan fingerprint density at radius 3 is 2.80 bits per heavy atom. The highest BCUT2D eigenvalue weighted by Gasteiger charge is 2.36. The van der Waals surface area contributed by atoms with Gasteiger partial charge in [-0.2, -0.15) is 4.39 Å². The summed E-state index contributed by atoms with van der Waals surface area (Å²) in [5.41, 5.74) is 4.26. The minimum Gasteiger partial charge on any atom is -0.467 e. The zero-order chi connectivity index (χ0) is 11.6. The van der Waals surface area contributed by atoms with Crippen molar-refractivity contribution in [2.24, 2.45) is 5.73 Å².